The fourth-order valence-corrected chi connectivity index (χ4v) is 3.51. The number of guanidine groups is 1. The monoisotopic (exact) mass is 384 g/mol. The number of sulfonamides is 1. The van der Waals surface area contributed by atoms with Crippen molar-refractivity contribution in [2.24, 2.45) is 4.99 Å². The van der Waals surface area contributed by atoms with Crippen molar-refractivity contribution in [2.75, 3.05) is 33.9 Å². The van der Waals surface area contributed by atoms with Gasteiger partial charge in [0.2, 0.25) is 10.0 Å². The normalized spacial score (nSPS) is 12.7. The number of rotatable bonds is 10. The molecule has 0 aromatic heterocycles. The Bertz CT molecular complexity index is 658. The van der Waals surface area contributed by atoms with Gasteiger partial charge in [0.25, 0.3) is 0 Å². The average molecular weight is 385 g/mol. The van der Waals surface area contributed by atoms with Gasteiger partial charge in [-0.25, -0.2) is 13.4 Å². The minimum absolute atomic E-state index is 0.0869. The van der Waals surface area contributed by atoms with Crippen molar-refractivity contribution in [3.8, 4) is 0 Å². The van der Waals surface area contributed by atoms with Crippen molar-refractivity contribution < 1.29 is 13.2 Å². The first-order valence-corrected chi connectivity index (χ1v) is 10.3. The van der Waals surface area contributed by atoms with E-state index in [4.69, 9.17) is 4.74 Å². The Balaban J connectivity index is 2.75. The van der Waals surface area contributed by atoms with E-state index in [0.29, 0.717) is 18.0 Å². The second kappa shape index (κ2) is 11.2. The van der Waals surface area contributed by atoms with Crippen LogP contribution in [0.2, 0.25) is 0 Å². The Hall–Kier alpha value is -1.64. The summed E-state index contributed by atoms with van der Waals surface area (Å²) in [6.45, 7) is 8.43. The third-order valence-corrected chi connectivity index (χ3v) is 5.96. The van der Waals surface area contributed by atoms with Gasteiger partial charge in [-0.3, -0.25) is 0 Å². The Morgan fingerprint density at radius 3 is 2.42 bits per heavy atom. The first kappa shape index (κ1) is 22.4. The summed E-state index contributed by atoms with van der Waals surface area (Å²) >= 11 is 0. The summed E-state index contributed by atoms with van der Waals surface area (Å²) in [4.78, 5) is 4.83. The van der Waals surface area contributed by atoms with Gasteiger partial charge in [0.05, 0.1) is 11.4 Å². The van der Waals surface area contributed by atoms with Crippen molar-refractivity contribution in [3.63, 3.8) is 0 Å². The highest BCUT2D eigenvalue weighted by molar-refractivity contribution is 7.89. The van der Waals surface area contributed by atoms with Gasteiger partial charge in [0.15, 0.2) is 5.96 Å². The number of hydrogen-bond acceptors (Lipinski definition) is 4. The zero-order valence-electron chi connectivity index (χ0n) is 16.4. The van der Waals surface area contributed by atoms with Crippen molar-refractivity contribution >= 4 is 16.0 Å². The van der Waals surface area contributed by atoms with Crippen molar-refractivity contribution in [1.29, 1.82) is 0 Å². The second-order valence-corrected chi connectivity index (χ2v) is 8.22. The van der Waals surface area contributed by atoms with Crippen LogP contribution in [-0.4, -0.2) is 58.6 Å². The minimum atomic E-state index is -3.45. The van der Waals surface area contributed by atoms with E-state index in [2.05, 4.69) is 15.6 Å². The molecule has 7 nitrogen and oxygen atoms in total. The lowest BCUT2D eigenvalue weighted by Crippen LogP contribution is -2.38. The predicted octanol–water partition coefficient (Wildman–Crippen LogP) is 1.81. The Labute approximate surface area is 157 Å². The van der Waals surface area contributed by atoms with Gasteiger partial charge in [-0.05, 0) is 44.9 Å². The molecule has 0 bridgehead atoms. The van der Waals surface area contributed by atoms with Gasteiger partial charge in [0, 0.05) is 39.9 Å². The molecule has 0 heterocycles. The van der Waals surface area contributed by atoms with E-state index in [1.54, 1.807) is 38.4 Å². The summed E-state index contributed by atoms with van der Waals surface area (Å²) in [5.74, 6) is 0.736. The summed E-state index contributed by atoms with van der Waals surface area (Å²) in [5.41, 5.74) is 0.949. The topological polar surface area (TPSA) is 83.0 Å². The highest BCUT2D eigenvalue weighted by atomic mass is 32.2. The van der Waals surface area contributed by atoms with Gasteiger partial charge in [0.1, 0.15) is 0 Å². The Kier molecular flexibility index (Phi) is 9.61. The maximum absolute atomic E-state index is 12.5. The fourth-order valence-electron chi connectivity index (χ4n) is 2.15. The molecule has 0 atom stereocenters. The van der Waals surface area contributed by atoms with Crippen LogP contribution in [0.5, 0.6) is 0 Å². The van der Waals surface area contributed by atoms with Crippen LogP contribution in [0, 0.1) is 0 Å². The van der Waals surface area contributed by atoms with E-state index in [9.17, 15) is 8.42 Å². The lowest BCUT2D eigenvalue weighted by atomic mass is 10.2. The van der Waals surface area contributed by atoms with Gasteiger partial charge >= 0.3 is 0 Å². The molecule has 0 saturated carbocycles. The molecular formula is C18H32N4O3S. The third kappa shape index (κ3) is 6.93. The summed E-state index contributed by atoms with van der Waals surface area (Å²) in [5, 5.41) is 6.43. The molecule has 0 fully saturated rings. The number of ether oxygens (including phenoxy) is 1. The molecule has 0 aliphatic carbocycles. The molecule has 2 N–H and O–H groups in total. The van der Waals surface area contributed by atoms with E-state index in [1.807, 2.05) is 20.8 Å². The number of nitrogens with zero attached hydrogens (tertiary/aromatic N) is 2. The van der Waals surface area contributed by atoms with Crippen LogP contribution in [0.4, 0.5) is 0 Å². The number of hydrogen-bond donors (Lipinski definition) is 2. The lowest BCUT2D eigenvalue weighted by molar-refractivity contribution is 0.195. The van der Waals surface area contributed by atoms with E-state index >= 15 is 0 Å². The van der Waals surface area contributed by atoms with Crippen molar-refractivity contribution in [1.82, 2.24) is 14.9 Å². The largest absolute Gasteiger partial charge is 0.385 e. The SMILES string of the molecule is CCNC(=NCc1ccc(S(=O)(=O)N(C)C(C)C)cc1)NCCCOC. The molecule has 0 radical (unpaired) electrons. The van der Waals surface area contributed by atoms with Crippen molar-refractivity contribution in [2.45, 2.75) is 44.7 Å². The zero-order chi connectivity index (χ0) is 19.6. The fraction of sp³-hybridized carbons (Fsp3) is 0.611. The summed E-state index contributed by atoms with van der Waals surface area (Å²) in [6, 6.07) is 6.80. The molecular weight excluding hydrogens is 352 g/mol. The molecule has 26 heavy (non-hydrogen) atoms. The number of nitrogens with one attached hydrogen (secondary N) is 2. The standard InChI is InChI=1S/C18H32N4O3S/c1-6-19-18(20-12-7-13-25-5)21-14-16-8-10-17(11-9-16)26(23,24)22(4)15(2)3/h8-11,15H,6-7,12-14H2,1-5H3,(H2,19,20,21). The highest BCUT2D eigenvalue weighted by Gasteiger charge is 2.22. The van der Waals surface area contributed by atoms with Gasteiger partial charge in [-0.1, -0.05) is 12.1 Å². The molecule has 148 valence electrons. The maximum Gasteiger partial charge on any atom is 0.243 e. The molecule has 0 spiro atoms. The van der Waals surface area contributed by atoms with Crippen LogP contribution in [0.1, 0.15) is 32.8 Å². The molecule has 0 amide bonds. The number of methoxy groups -OCH3 is 1. The van der Waals surface area contributed by atoms with E-state index in [-0.39, 0.29) is 6.04 Å². The maximum atomic E-state index is 12.5. The van der Waals surface area contributed by atoms with Crippen LogP contribution in [0.3, 0.4) is 0 Å². The quantitative estimate of drug-likeness (QED) is 0.365. The van der Waals surface area contributed by atoms with Crippen LogP contribution < -0.4 is 10.6 Å². The summed E-state index contributed by atoms with van der Waals surface area (Å²) < 4.78 is 31.4. The lowest BCUT2D eigenvalue weighted by Gasteiger charge is -2.21. The Morgan fingerprint density at radius 2 is 1.88 bits per heavy atom. The summed E-state index contributed by atoms with van der Waals surface area (Å²) in [6.07, 6.45) is 0.900. The predicted molar refractivity (Wildman–Crippen MR) is 106 cm³/mol. The second-order valence-electron chi connectivity index (χ2n) is 6.23. The first-order valence-electron chi connectivity index (χ1n) is 8.91. The molecule has 0 aliphatic heterocycles. The Morgan fingerprint density at radius 1 is 1.23 bits per heavy atom. The molecule has 0 aliphatic rings. The van der Waals surface area contributed by atoms with Crippen LogP contribution in [0.25, 0.3) is 0 Å². The smallest absolute Gasteiger partial charge is 0.243 e. The minimum Gasteiger partial charge on any atom is -0.385 e. The molecule has 8 heteroatoms. The highest BCUT2D eigenvalue weighted by Crippen LogP contribution is 2.17. The van der Waals surface area contributed by atoms with Gasteiger partial charge in [-0.2, -0.15) is 4.31 Å². The van der Waals surface area contributed by atoms with E-state index < -0.39 is 10.0 Å². The van der Waals surface area contributed by atoms with E-state index in [0.717, 1.165) is 31.0 Å². The molecule has 1 aromatic rings. The summed E-state index contributed by atoms with van der Waals surface area (Å²) in [7, 11) is -0.175. The van der Waals surface area contributed by atoms with E-state index in [1.165, 1.54) is 4.31 Å². The third-order valence-electron chi connectivity index (χ3n) is 3.91. The van der Waals surface area contributed by atoms with Crippen molar-refractivity contribution in [3.05, 3.63) is 29.8 Å². The molecule has 1 aromatic carbocycles. The van der Waals surface area contributed by atoms with Crippen LogP contribution in [-0.2, 0) is 21.3 Å². The molecule has 0 unspecified atom stereocenters. The average Bonchev–Trinajstić information content (AvgIpc) is 2.62. The van der Waals surface area contributed by atoms with Crippen LogP contribution >= 0.6 is 0 Å². The zero-order valence-corrected chi connectivity index (χ0v) is 17.3. The first-order chi connectivity index (χ1) is 12.3. The van der Waals surface area contributed by atoms with Crippen LogP contribution in [0.15, 0.2) is 34.2 Å². The number of benzene rings is 1. The molecule has 0 saturated heterocycles. The molecule has 1 rings (SSSR count). The number of aliphatic imine (C=N–C) groups is 1. The van der Waals surface area contributed by atoms with Gasteiger partial charge < -0.3 is 15.4 Å². The van der Waals surface area contributed by atoms with Gasteiger partial charge in [-0.15, -0.1) is 0 Å².